The van der Waals surface area contributed by atoms with Crippen LogP contribution in [0.1, 0.15) is 35.0 Å². The van der Waals surface area contributed by atoms with Gasteiger partial charge >= 0.3 is 5.97 Å². The molecule has 1 heterocycles. The van der Waals surface area contributed by atoms with Crippen LogP contribution < -0.4 is 0 Å². The molecule has 0 radical (unpaired) electrons. The van der Waals surface area contributed by atoms with Crippen LogP contribution >= 0.6 is 0 Å². The predicted molar refractivity (Wildman–Crippen MR) is 88.5 cm³/mol. The molecule has 1 atom stereocenters. The zero-order chi connectivity index (χ0) is 16.6. The van der Waals surface area contributed by atoms with E-state index in [4.69, 9.17) is 0 Å². The molecule has 1 amide bonds. The molecule has 1 aliphatic carbocycles. The molecule has 1 aromatic carbocycles. The highest BCUT2D eigenvalue weighted by Crippen LogP contribution is 2.33. The molecular weight excluding hydrogens is 292 g/mol. The van der Waals surface area contributed by atoms with Crippen LogP contribution in [-0.4, -0.2) is 42.5 Å². The van der Waals surface area contributed by atoms with Gasteiger partial charge in [0.05, 0.1) is 18.2 Å². The molecule has 5 heteroatoms. The molecule has 0 spiro atoms. The SMILES string of the molecule is COC(=O)CN(C)C(=O)c1cccc2c3c([nH]c12)CC[C@@H](C)C3. The lowest BCUT2D eigenvalue weighted by Gasteiger charge is -2.18. The fourth-order valence-electron chi connectivity index (χ4n) is 3.33. The normalized spacial score (nSPS) is 16.9. The van der Waals surface area contributed by atoms with Crippen molar-refractivity contribution in [1.29, 1.82) is 0 Å². The van der Waals surface area contributed by atoms with Crippen LogP contribution in [0.5, 0.6) is 0 Å². The maximum atomic E-state index is 12.7. The van der Waals surface area contributed by atoms with Gasteiger partial charge in [0.25, 0.3) is 5.91 Å². The molecule has 5 nitrogen and oxygen atoms in total. The molecule has 2 aromatic rings. The smallest absolute Gasteiger partial charge is 0.325 e. The minimum Gasteiger partial charge on any atom is -0.468 e. The molecule has 0 saturated carbocycles. The number of nitrogens with zero attached hydrogens (tertiary/aromatic N) is 1. The standard InChI is InChI=1S/C18H22N2O3/c1-11-7-8-15-14(9-11)12-5-4-6-13(17(12)19-15)18(22)20(2)10-16(21)23-3/h4-6,11,19H,7-10H2,1-3H3/t11-/m1/s1. The second-order valence-electron chi connectivity index (χ2n) is 6.40. The highest BCUT2D eigenvalue weighted by atomic mass is 16.5. The van der Waals surface area contributed by atoms with Gasteiger partial charge in [-0.1, -0.05) is 19.1 Å². The molecule has 0 unspecified atom stereocenters. The van der Waals surface area contributed by atoms with Crippen LogP contribution in [0.2, 0.25) is 0 Å². The third kappa shape index (κ3) is 2.83. The lowest BCUT2D eigenvalue weighted by molar-refractivity contribution is -0.141. The summed E-state index contributed by atoms with van der Waals surface area (Å²) in [6.45, 7) is 2.21. The van der Waals surface area contributed by atoms with Crippen LogP contribution in [0.15, 0.2) is 18.2 Å². The number of methoxy groups -OCH3 is 1. The Morgan fingerprint density at radius 2 is 2.17 bits per heavy atom. The quantitative estimate of drug-likeness (QED) is 0.886. The molecular formula is C18H22N2O3. The van der Waals surface area contributed by atoms with E-state index in [9.17, 15) is 9.59 Å². The predicted octanol–water partition coefficient (Wildman–Crippen LogP) is 2.54. The van der Waals surface area contributed by atoms with Gasteiger partial charge in [0, 0.05) is 18.1 Å². The summed E-state index contributed by atoms with van der Waals surface area (Å²) in [4.78, 5) is 28.9. The van der Waals surface area contributed by atoms with Crippen LogP contribution in [0.25, 0.3) is 10.9 Å². The van der Waals surface area contributed by atoms with Crippen molar-refractivity contribution in [2.24, 2.45) is 5.92 Å². The van der Waals surface area contributed by atoms with Gasteiger partial charge in [-0.15, -0.1) is 0 Å². The molecule has 0 fully saturated rings. The number of H-pyrrole nitrogens is 1. The fraction of sp³-hybridized carbons (Fsp3) is 0.444. The number of likely N-dealkylation sites (N-methyl/N-ethyl adjacent to an activating group) is 1. The van der Waals surface area contributed by atoms with Gasteiger partial charge in [0.1, 0.15) is 6.54 Å². The van der Waals surface area contributed by atoms with E-state index >= 15 is 0 Å². The molecule has 0 bridgehead atoms. The summed E-state index contributed by atoms with van der Waals surface area (Å²) in [7, 11) is 2.94. The summed E-state index contributed by atoms with van der Waals surface area (Å²) in [6.07, 6.45) is 3.24. The van der Waals surface area contributed by atoms with Crippen LogP contribution in [0.4, 0.5) is 0 Å². The van der Waals surface area contributed by atoms with E-state index in [2.05, 4.69) is 22.7 Å². The molecule has 1 aromatic heterocycles. The number of fused-ring (bicyclic) bond motifs is 3. The number of ether oxygens (including phenoxy) is 1. The summed E-state index contributed by atoms with van der Waals surface area (Å²) in [6, 6.07) is 5.79. The zero-order valence-corrected chi connectivity index (χ0v) is 13.8. The molecule has 1 N–H and O–H groups in total. The number of amides is 1. The molecule has 0 aliphatic heterocycles. The average Bonchev–Trinajstić information content (AvgIpc) is 2.91. The topological polar surface area (TPSA) is 62.4 Å². The number of rotatable bonds is 3. The minimum absolute atomic E-state index is 0.0524. The fourth-order valence-corrected chi connectivity index (χ4v) is 3.33. The maximum Gasteiger partial charge on any atom is 0.325 e. The summed E-state index contributed by atoms with van der Waals surface area (Å²) in [5.74, 6) is 0.0723. The summed E-state index contributed by atoms with van der Waals surface area (Å²) >= 11 is 0. The number of hydrogen-bond donors (Lipinski definition) is 1. The highest BCUT2D eigenvalue weighted by Gasteiger charge is 2.23. The van der Waals surface area contributed by atoms with Gasteiger partial charge in [-0.2, -0.15) is 0 Å². The van der Waals surface area contributed by atoms with Crippen LogP contribution in [-0.2, 0) is 22.4 Å². The van der Waals surface area contributed by atoms with Gasteiger partial charge in [-0.05, 0) is 36.8 Å². The van der Waals surface area contributed by atoms with Crippen molar-refractivity contribution >= 4 is 22.8 Å². The third-order valence-corrected chi connectivity index (χ3v) is 4.64. The zero-order valence-electron chi connectivity index (χ0n) is 13.8. The van der Waals surface area contributed by atoms with Crippen LogP contribution in [0, 0.1) is 5.92 Å². The number of hydrogen-bond acceptors (Lipinski definition) is 3. The van der Waals surface area contributed by atoms with Gasteiger partial charge < -0.3 is 14.6 Å². The van der Waals surface area contributed by atoms with E-state index in [1.165, 1.54) is 29.7 Å². The number of aromatic amines is 1. The number of aryl methyl sites for hydroxylation is 1. The van der Waals surface area contributed by atoms with E-state index in [-0.39, 0.29) is 12.5 Å². The van der Waals surface area contributed by atoms with Crippen LogP contribution in [0.3, 0.4) is 0 Å². The Kier molecular flexibility index (Phi) is 4.11. The summed E-state index contributed by atoms with van der Waals surface area (Å²) < 4.78 is 4.63. The number of esters is 1. The van der Waals surface area contributed by atoms with Crippen molar-refractivity contribution < 1.29 is 14.3 Å². The lowest BCUT2D eigenvalue weighted by atomic mass is 9.87. The first-order valence-electron chi connectivity index (χ1n) is 7.96. The maximum absolute atomic E-state index is 12.7. The minimum atomic E-state index is -0.423. The van der Waals surface area contributed by atoms with Gasteiger partial charge in [-0.25, -0.2) is 0 Å². The van der Waals surface area contributed by atoms with Crippen molar-refractivity contribution in [1.82, 2.24) is 9.88 Å². The monoisotopic (exact) mass is 314 g/mol. The third-order valence-electron chi connectivity index (χ3n) is 4.64. The first kappa shape index (κ1) is 15.6. The second-order valence-corrected chi connectivity index (χ2v) is 6.40. The second kappa shape index (κ2) is 6.07. The molecule has 122 valence electrons. The molecule has 0 saturated heterocycles. The van der Waals surface area contributed by atoms with E-state index in [1.807, 2.05) is 12.1 Å². The Labute approximate surface area is 135 Å². The Morgan fingerprint density at radius 1 is 1.39 bits per heavy atom. The van der Waals surface area contributed by atoms with Crippen molar-refractivity contribution in [3.63, 3.8) is 0 Å². The van der Waals surface area contributed by atoms with Gasteiger partial charge in [-0.3, -0.25) is 9.59 Å². The highest BCUT2D eigenvalue weighted by molar-refractivity contribution is 6.07. The Balaban J connectivity index is 1.99. The van der Waals surface area contributed by atoms with Crippen molar-refractivity contribution in [3.05, 3.63) is 35.0 Å². The average molecular weight is 314 g/mol. The lowest BCUT2D eigenvalue weighted by Crippen LogP contribution is -2.32. The molecule has 1 aliphatic rings. The molecule has 3 rings (SSSR count). The number of carbonyl (C=O) groups excluding carboxylic acids is 2. The van der Waals surface area contributed by atoms with E-state index in [0.29, 0.717) is 11.5 Å². The van der Waals surface area contributed by atoms with Gasteiger partial charge in [0.2, 0.25) is 0 Å². The first-order valence-corrected chi connectivity index (χ1v) is 7.96. The van der Waals surface area contributed by atoms with Gasteiger partial charge in [0.15, 0.2) is 0 Å². The van der Waals surface area contributed by atoms with E-state index < -0.39 is 5.97 Å². The summed E-state index contributed by atoms with van der Waals surface area (Å²) in [5, 5.41) is 1.13. The van der Waals surface area contributed by atoms with Crippen molar-refractivity contribution in [2.75, 3.05) is 20.7 Å². The molecule has 23 heavy (non-hydrogen) atoms. The number of carbonyl (C=O) groups is 2. The first-order chi connectivity index (χ1) is 11.0. The Hall–Kier alpha value is -2.30. The Bertz CT molecular complexity index is 763. The number of benzene rings is 1. The largest absolute Gasteiger partial charge is 0.468 e. The number of nitrogens with one attached hydrogen (secondary N) is 1. The van der Waals surface area contributed by atoms with E-state index in [1.54, 1.807) is 7.05 Å². The van der Waals surface area contributed by atoms with Crippen molar-refractivity contribution in [2.45, 2.75) is 26.2 Å². The summed E-state index contributed by atoms with van der Waals surface area (Å²) in [5.41, 5.74) is 4.07. The number of para-hydroxylation sites is 1. The van der Waals surface area contributed by atoms with E-state index in [0.717, 1.165) is 23.7 Å². The van der Waals surface area contributed by atoms with Crippen molar-refractivity contribution in [3.8, 4) is 0 Å². The number of aromatic nitrogens is 1. The Morgan fingerprint density at radius 3 is 2.91 bits per heavy atom.